The normalized spacial score (nSPS) is 17.8. The Morgan fingerprint density at radius 2 is 1.89 bits per heavy atom. The van der Waals surface area contributed by atoms with Crippen molar-refractivity contribution in [3.63, 3.8) is 0 Å². The van der Waals surface area contributed by atoms with Gasteiger partial charge >= 0.3 is 6.09 Å². The highest BCUT2D eigenvalue weighted by Gasteiger charge is 2.59. The number of fused-ring (bicyclic) bond motifs is 3. The minimum atomic E-state index is -1.42. The molecule has 0 aliphatic carbocycles. The van der Waals surface area contributed by atoms with Crippen LogP contribution in [-0.4, -0.2) is 70.6 Å². The Morgan fingerprint density at radius 1 is 1.15 bits per heavy atom. The number of nitrogens with one attached hydrogen (secondary N) is 1. The van der Waals surface area contributed by atoms with Gasteiger partial charge in [-0.2, -0.15) is 0 Å². The number of nitrogens with zero attached hydrogens (tertiary/aromatic N) is 4. The highest BCUT2D eigenvalue weighted by Crippen LogP contribution is 2.47. The van der Waals surface area contributed by atoms with E-state index >= 15 is 4.39 Å². The molecule has 250 valence electrons. The van der Waals surface area contributed by atoms with E-state index in [-0.39, 0.29) is 37.1 Å². The average Bonchev–Trinajstić information content (AvgIpc) is 3.54. The molecule has 5 rings (SSSR count). The molecule has 2 aliphatic heterocycles. The van der Waals surface area contributed by atoms with Gasteiger partial charge in [-0.25, -0.2) is 18.6 Å². The average molecular weight is 666 g/mol. The van der Waals surface area contributed by atoms with Crippen molar-refractivity contribution >= 4 is 42.8 Å². The van der Waals surface area contributed by atoms with Gasteiger partial charge < -0.3 is 23.8 Å². The summed E-state index contributed by atoms with van der Waals surface area (Å²) in [5.41, 5.74) is -0.354. The minimum Gasteiger partial charge on any atom is -0.444 e. The van der Waals surface area contributed by atoms with E-state index in [4.69, 9.17) is 9.47 Å². The summed E-state index contributed by atoms with van der Waals surface area (Å²) in [6, 6.07) is 7.77. The Hall–Kier alpha value is -4.28. The van der Waals surface area contributed by atoms with Crippen molar-refractivity contribution in [2.45, 2.75) is 84.2 Å². The van der Waals surface area contributed by atoms with Crippen LogP contribution in [0.2, 0.25) is 25.7 Å². The molecule has 3 amide bonds. The van der Waals surface area contributed by atoms with Crippen LogP contribution in [0.1, 0.15) is 55.7 Å². The van der Waals surface area contributed by atoms with E-state index in [0.29, 0.717) is 41.9 Å². The van der Waals surface area contributed by atoms with Crippen molar-refractivity contribution in [1.82, 2.24) is 19.4 Å². The molecule has 1 N–H and O–H groups in total. The summed E-state index contributed by atoms with van der Waals surface area (Å²) >= 11 is 0. The van der Waals surface area contributed by atoms with Gasteiger partial charge in [0.25, 0.3) is 11.8 Å². The number of ether oxygens (including phenoxy) is 2. The Labute approximate surface area is 274 Å². The number of halogens is 2. The van der Waals surface area contributed by atoms with E-state index in [1.807, 2.05) is 0 Å². The lowest BCUT2D eigenvalue weighted by atomic mass is 9.87. The van der Waals surface area contributed by atoms with E-state index in [9.17, 15) is 18.8 Å². The number of pyridine rings is 1. The molecule has 1 fully saturated rings. The van der Waals surface area contributed by atoms with Crippen LogP contribution in [0.3, 0.4) is 0 Å². The first-order chi connectivity index (χ1) is 22.0. The van der Waals surface area contributed by atoms with Crippen LogP contribution in [0.5, 0.6) is 0 Å². The number of aromatic nitrogens is 2. The van der Waals surface area contributed by atoms with Gasteiger partial charge in [-0.15, -0.1) is 5.92 Å². The largest absolute Gasteiger partial charge is 0.444 e. The van der Waals surface area contributed by atoms with Gasteiger partial charge in [0, 0.05) is 50.5 Å². The van der Waals surface area contributed by atoms with Crippen LogP contribution in [-0.2, 0) is 33.1 Å². The van der Waals surface area contributed by atoms with E-state index in [1.54, 1.807) is 43.2 Å². The fraction of sp³-hybridized carbons (Fsp3) is 0.471. The van der Waals surface area contributed by atoms with Crippen LogP contribution < -0.4 is 5.32 Å². The molecular formula is C34H41F2N5O5Si. The van der Waals surface area contributed by atoms with Crippen molar-refractivity contribution < 1.29 is 32.6 Å². The van der Waals surface area contributed by atoms with Gasteiger partial charge in [0.1, 0.15) is 18.1 Å². The molecule has 3 aromatic rings. The molecule has 10 nitrogen and oxygen atoms in total. The quantitative estimate of drug-likeness (QED) is 0.169. The maximum Gasteiger partial charge on any atom is 0.413 e. The molecule has 0 bridgehead atoms. The lowest BCUT2D eigenvalue weighted by Crippen LogP contribution is -2.49. The second kappa shape index (κ2) is 12.7. The molecule has 47 heavy (non-hydrogen) atoms. The van der Waals surface area contributed by atoms with E-state index < -0.39 is 42.8 Å². The molecule has 0 saturated carbocycles. The second-order valence-electron chi connectivity index (χ2n) is 14.1. The Bertz CT molecular complexity index is 1800. The molecule has 2 aromatic heterocycles. The summed E-state index contributed by atoms with van der Waals surface area (Å²) in [6.07, 6.45) is -0.560. The third-order valence-electron chi connectivity index (χ3n) is 8.28. The van der Waals surface area contributed by atoms with Crippen molar-refractivity contribution in [2.24, 2.45) is 0 Å². The lowest BCUT2D eigenvalue weighted by Gasteiger charge is -2.34. The van der Waals surface area contributed by atoms with E-state index in [0.717, 1.165) is 6.04 Å². The maximum absolute atomic E-state index is 15.4. The maximum atomic E-state index is 15.4. The van der Waals surface area contributed by atoms with Gasteiger partial charge in [0.2, 0.25) is 0 Å². The summed E-state index contributed by atoms with van der Waals surface area (Å²) < 4.78 is 42.9. The third kappa shape index (κ3) is 6.89. The molecular weight excluding hydrogens is 624 g/mol. The summed E-state index contributed by atoms with van der Waals surface area (Å²) in [6.45, 7) is 14.5. The number of hydrogen-bond donors (Lipinski definition) is 1. The highest BCUT2D eigenvalue weighted by molar-refractivity contribution is 6.76. The number of rotatable bonds is 9. The molecule has 2 aliphatic rings. The molecule has 13 heteroatoms. The molecule has 1 spiro atoms. The number of hydrogen-bond acceptors (Lipinski definition) is 6. The van der Waals surface area contributed by atoms with Gasteiger partial charge in [-0.05, 0) is 51.9 Å². The minimum absolute atomic E-state index is 0.0338. The van der Waals surface area contributed by atoms with Gasteiger partial charge in [-0.3, -0.25) is 14.9 Å². The molecule has 4 heterocycles. The smallest absolute Gasteiger partial charge is 0.413 e. The van der Waals surface area contributed by atoms with Crippen molar-refractivity contribution in [3.05, 3.63) is 58.8 Å². The summed E-state index contributed by atoms with van der Waals surface area (Å²) in [4.78, 5) is 48.0. The zero-order valence-electron chi connectivity index (χ0n) is 27.9. The summed E-state index contributed by atoms with van der Waals surface area (Å²) in [5.74, 6) is 3.28. The fourth-order valence-corrected chi connectivity index (χ4v) is 6.75. The van der Waals surface area contributed by atoms with Crippen molar-refractivity contribution in [2.75, 3.05) is 25.0 Å². The number of carbonyl (C=O) groups excluding carboxylic acids is 3. The molecule has 0 radical (unpaired) electrons. The number of benzene rings is 1. The van der Waals surface area contributed by atoms with Crippen LogP contribution in [0.4, 0.5) is 19.4 Å². The standard InChI is InChI=1S/C34H41F2N5O5Si/c1-8-9-13-39-14-12-34(31(39)43)25-11-10-22(35)17-24(25)30(42)41(34)20-23-18-27-28(40(23)21-45-15-16-47(5,6)7)19-26(36)29(37-27)38-32(44)46-33(2,3)4/h10-11,17-19H,12-16,20-21H2,1-7H3,(H,37,38,44)/t34-/m0/s1. The van der Waals surface area contributed by atoms with Gasteiger partial charge in [-0.1, -0.05) is 31.6 Å². The second-order valence-corrected chi connectivity index (χ2v) is 19.7. The summed E-state index contributed by atoms with van der Waals surface area (Å²) in [7, 11) is -1.42. The Balaban J connectivity index is 1.56. The first-order valence-corrected chi connectivity index (χ1v) is 19.3. The number of amides is 3. The predicted molar refractivity (Wildman–Crippen MR) is 176 cm³/mol. The molecule has 1 saturated heterocycles. The number of carbonyl (C=O) groups is 3. The summed E-state index contributed by atoms with van der Waals surface area (Å²) in [5, 5.41) is 2.38. The van der Waals surface area contributed by atoms with E-state index in [1.165, 1.54) is 29.2 Å². The van der Waals surface area contributed by atoms with E-state index in [2.05, 4.69) is 41.8 Å². The zero-order chi connectivity index (χ0) is 34.3. The van der Waals surface area contributed by atoms with Crippen molar-refractivity contribution in [3.8, 4) is 11.8 Å². The lowest BCUT2D eigenvalue weighted by molar-refractivity contribution is -0.136. The highest BCUT2D eigenvalue weighted by atomic mass is 28.3. The Morgan fingerprint density at radius 3 is 2.57 bits per heavy atom. The number of likely N-dealkylation sites (tertiary alicyclic amines) is 1. The van der Waals surface area contributed by atoms with Crippen molar-refractivity contribution in [1.29, 1.82) is 0 Å². The third-order valence-corrected chi connectivity index (χ3v) is 9.98. The number of anilines is 1. The first kappa shape index (κ1) is 34.1. The molecule has 0 unspecified atom stereocenters. The van der Waals surface area contributed by atoms with Crippen LogP contribution in [0, 0.1) is 23.5 Å². The topological polar surface area (TPSA) is 106 Å². The van der Waals surface area contributed by atoms with Crippen LogP contribution >= 0.6 is 0 Å². The monoisotopic (exact) mass is 665 g/mol. The van der Waals surface area contributed by atoms with Gasteiger partial charge in [0.15, 0.2) is 17.2 Å². The molecule has 1 atom stereocenters. The SMILES string of the molecule is CC#CCN1CC[C@@]2(C1=O)c1ccc(F)cc1C(=O)N2Cc1cc2nc(NC(=O)OC(C)(C)C)c(F)cc2n1COCC[Si](C)(C)C. The predicted octanol–water partition coefficient (Wildman–Crippen LogP) is 6.08. The first-order valence-electron chi connectivity index (χ1n) is 15.6. The Kier molecular flexibility index (Phi) is 9.22. The zero-order valence-corrected chi connectivity index (χ0v) is 28.9. The fourth-order valence-electron chi connectivity index (χ4n) is 5.99. The van der Waals surface area contributed by atoms with Crippen LogP contribution in [0.15, 0.2) is 30.3 Å². The van der Waals surface area contributed by atoms with Gasteiger partial charge in [0.05, 0.1) is 24.1 Å². The molecule has 1 aromatic carbocycles. The van der Waals surface area contributed by atoms with Crippen LogP contribution in [0.25, 0.3) is 11.0 Å².